The molecule has 9 rings (SSSR count). The van der Waals surface area contributed by atoms with Crippen molar-refractivity contribution in [3.63, 3.8) is 0 Å². The Hall–Kier alpha value is -7.43. The van der Waals surface area contributed by atoms with E-state index >= 15 is 0 Å². The van der Waals surface area contributed by atoms with Crippen LogP contribution in [-0.4, -0.2) is 289 Å². The van der Waals surface area contributed by atoms with E-state index in [4.69, 9.17) is 60.8 Å². The van der Waals surface area contributed by atoms with Gasteiger partial charge in [0.15, 0.2) is 42.1 Å². The van der Waals surface area contributed by atoms with Gasteiger partial charge in [-0.3, -0.25) is 24.2 Å². The molecule has 2 aromatic carbocycles. The van der Waals surface area contributed by atoms with E-state index in [2.05, 4.69) is 30.6 Å². The predicted molar refractivity (Wildman–Crippen MR) is 353 cm³/mol. The highest BCUT2D eigenvalue weighted by atomic mass is 16.8. The van der Waals surface area contributed by atoms with E-state index in [1.165, 1.54) is 73.4 Å². The normalized spacial score (nSPS) is 38.3. The van der Waals surface area contributed by atoms with Crippen molar-refractivity contribution in [2.45, 2.75) is 184 Å². The smallest absolute Gasteiger partial charge is 0.312 e. The lowest BCUT2D eigenvalue weighted by atomic mass is 9.78. The maximum Gasteiger partial charge on any atom is 0.312 e. The number of benzene rings is 2. The third-order valence-corrected chi connectivity index (χ3v) is 19.2. The van der Waals surface area contributed by atoms with Gasteiger partial charge in [0.05, 0.1) is 71.7 Å². The van der Waals surface area contributed by atoms with Crippen LogP contribution < -0.4 is 38.3 Å². The number of allylic oxidation sites excluding steroid dienone is 2. The van der Waals surface area contributed by atoms with Crippen molar-refractivity contribution in [1.82, 2.24) is 15.2 Å². The fraction of sp³-hybridized carbons (Fsp3) is 0.641. The van der Waals surface area contributed by atoms with Crippen molar-refractivity contribution in [1.29, 1.82) is 0 Å². The fourth-order valence-corrected chi connectivity index (χ4v) is 13.0. The van der Waals surface area contributed by atoms with Gasteiger partial charge in [0.1, 0.15) is 84.3 Å². The number of esters is 1. The van der Waals surface area contributed by atoms with Crippen LogP contribution in [0.1, 0.15) is 76.9 Å². The molecule has 4 fully saturated rings. The first-order chi connectivity index (χ1) is 46.4. The number of guanidine groups is 2. The van der Waals surface area contributed by atoms with Gasteiger partial charge in [0.2, 0.25) is 0 Å². The number of nitrogens with zero attached hydrogens (tertiary/aromatic N) is 5. The fourth-order valence-electron chi connectivity index (χ4n) is 13.0. The number of ketones is 1. The van der Waals surface area contributed by atoms with E-state index in [0.29, 0.717) is 13.1 Å². The van der Waals surface area contributed by atoms with Gasteiger partial charge in [-0.15, -0.1) is 0 Å². The van der Waals surface area contributed by atoms with E-state index < -0.39 is 199 Å². The topological polar surface area (TPSA) is 557 Å². The van der Waals surface area contributed by atoms with Gasteiger partial charge in [0.25, 0.3) is 11.7 Å². The van der Waals surface area contributed by atoms with Gasteiger partial charge in [-0.05, 0) is 40.9 Å². The minimum absolute atomic E-state index is 0.0559. The lowest BCUT2D eigenvalue weighted by Crippen LogP contribution is -2.66. The monoisotopic (exact) mass is 1400 g/mol. The molecule has 7 aliphatic rings. The Labute approximate surface area is 570 Å². The number of hydrogen-bond donors (Lipinski definition) is 18. The third-order valence-electron chi connectivity index (χ3n) is 19.2. The summed E-state index contributed by atoms with van der Waals surface area (Å²) in [7, 11) is 4.84. The van der Waals surface area contributed by atoms with Gasteiger partial charge < -0.3 is 138 Å². The minimum atomic E-state index is -2.38. The van der Waals surface area contributed by atoms with Crippen LogP contribution in [0.2, 0.25) is 0 Å². The maximum absolute atomic E-state index is 14.4. The number of methoxy groups -OCH3 is 1. The van der Waals surface area contributed by atoms with Crippen molar-refractivity contribution in [2.24, 2.45) is 61.7 Å². The van der Waals surface area contributed by atoms with E-state index in [9.17, 15) is 80.5 Å². The SMILES string of the molecule is CN[C@@H]1[C@H](O[C@H]2[C@H](O[C@H]3[C@H](O)[C@@H](O)[C@H](N=C(N)N)[C@@H](O)[C@@H]3N=C(N)N)O[C@@H](C)[C@]2(O)C=O)O[C@@H](CO)[C@H](O)[C@H]1O.CO[C@H]1/C=C/O[C@@]2(C)Oc3c(C)c(O)c4c(O)c(c(/C=N\N5CCN(C)CC5)c(O)c4c3C2=O)NC(=O)/C(C)=C\C=C\[C@H](C)[C@H](O)[C@@H](C)[C@@H](O)[C@@H](C)[C@H](OC(C)=O)[C@@H]1C. The van der Waals surface area contributed by atoms with Crippen LogP contribution in [0.25, 0.3) is 10.8 Å². The van der Waals surface area contributed by atoms with Crippen LogP contribution in [0.5, 0.6) is 23.0 Å². The average molecular weight is 1400 g/mol. The molecule has 0 spiro atoms. The summed E-state index contributed by atoms with van der Waals surface area (Å²) in [6, 6.07) is -4.08. The number of anilines is 1. The van der Waals surface area contributed by atoms with E-state index in [1.54, 1.807) is 44.9 Å². The van der Waals surface area contributed by atoms with E-state index in [0.717, 1.165) is 13.1 Å². The van der Waals surface area contributed by atoms with Gasteiger partial charge in [-0.2, -0.15) is 5.10 Å². The summed E-state index contributed by atoms with van der Waals surface area (Å²) in [6.45, 7) is 15.7. The first kappa shape index (κ1) is 78.9. The number of likely N-dealkylation sites (N-methyl/N-ethyl adjacent to an activating group) is 2. The average Bonchev–Trinajstić information content (AvgIpc) is 1.57. The van der Waals surface area contributed by atoms with Gasteiger partial charge >= 0.3 is 11.8 Å². The molecule has 3 saturated heterocycles. The number of hydrazone groups is 1. The Balaban J connectivity index is 0.000000300. The highest BCUT2D eigenvalue weighted by Gasteiger charge is 2.61. The second kappa shape index (κ2) is 32.5. The Kier molecular flexibility index (Phi) is 25.9. The van der Waals surface area contributed by atoms with Crippen LogP contribution in [0.4, 0.5) is 5.69 Å². The van der Waals surface area contributed by atoms with Crippen molar-refractivity contribution in [3.8, 4) is 23.0 Å². The molecule has 35 heteroatoms. The van der Waals surface area contributed by atoms with Crippen LogP contribution in [0, 0.1) is 30.6 Å². The van der Waals surface area contributed by atoms with Crippen LogP contribution in [-0.2, 0) is 47.5 Å². The molecule has 1 aliphatic carbocycles. The molecule has 6 heterocycles. The Morgan fingerprint density at radius 2 is 1.42 bits per heavy atom. The zero-order valence-corrected chi connectivity index (χ0v) is 57.1. The number of piperazine rings is 1. The number of aliphatic hydroxyl groups is 9. The molecule has 0 unspecified atom stereocenters. The molecule has 2 aromatic rings. The second-order valence-corrected chi connectivity index (χ2v) is 26.0. The lowest BCUT2D eigenvalue weighted by Gasteiger charge is -2.45. The number of aliphatic hydroxyl groups excluding tert-OH is 8. The highest BCUT2D eigenvalue weighted by Crippen LogP contribution is 2.55. The first-order valence-electron chi connectivity index (χ1n) is 32.2. The van der Waals surface area contributed by atoms with Crippen molar-refractivity contribution < 1.29 is 118 Å². The van der Waals surface area contributed by atoms with Gasteiger partial charge in [-0.25, -0.2) is 9.98 Å². The number of carbonyl (C=O) groups excluding carboxylic acids is 4. The van der Waals surface area contributed by atoms with Crippen molar-refractivity contribution in [3.05, 3.63) is 52.8 Å². The molecule has 1 amide bonds. The molecule has 5 bridgehead atoms. The number of ether oxygens (including phenoxy) is 8. The second-order valence-electron chi connectivity index (χ2n) is 26.0. The number of rotatable bonds is 13. The predicted octanol–water partition coefficient (Wildman–Crippen LogP) is -3.83. The molecule has 6 aliphatic heterocycles. The summed E-state index contributed by atoms with van der Waals surface area (Å²) in [4.78, 5) is 62.3. The standard InChI is InChI=1S/C43H58N4O12.C21H39N7O12/c1-21-12-11-13-22(2)42(55)45-33-28(20-44-47-17-15-46(9)16-18-47)37(52)30-31(38(33)53)36(51)26(6)40-32(30)41(54)43(8,59-40)57-19-14-29(56-10)23(3)39(58-27(7)48)25(5)35(50)24(4)34(21)49;1-5-21(36,4-30)16(40-17-9(26-2)13(34)10(31)6(3-29)38-17)18(37-5)39-15-8(28-20(24)25)11(32)7(27-19(22)23)12(33)14(15)35/h11-14,19-21,23-25,29,34-35,39,49-53H,15-18H2,1-10H3,(H,45,55);4-18,26,29,31-36H,3H2,1-2H3,(H4,22,23,27)(H4,24,25,28)/b12-11+,19-14+,22-13-,44-20-;/t21-,23+,24+,25+,29-,34-,35+,39+,43-;5-,6-,7+,8-,9-,10-,11+,12-,13-,14+,15+,16-,17-,18-,21+/m00/s1. The molecule has 22 N–H and O–H groups in total. The Morgan fingerprint density at radius 3 is 2.01 bits per heavy atom. The number of aliphatic imine (C=N–C) groups is 2. The molecule has 35 nitrogen and oxygen atoms in total. The Bertz CT molecular complexity index is 3420. The molecule has 99 heavy (non-hydrogen) atoms. The maximum atomic E-state index is 14.4. The number of nitrogens with one attached hydrogen (secondary N) is 2. The largest absolute Gasteiger partial charge is 0.507 e. The number of hydrogen-bond acceptors (Lipinski definition) is 30. The number of carbonyl (C=O) groups is 4. The molecular weight excluding hydrogens is 1310 g/mol. The number of aromatic hydroxyl groups is 3. The van der Waals surface area contributed by atoms with Gasteiger partial charge in [0, 0.05) is 87.3 Å². The summed E-state index contributed by atoms with van der Waals surface area (Å²) >= 11 is 0. The third kappa shape index (κ3) is 16.3. The number of aldehydes is 1. The lowest BCUT2D eigenvalue weighted by molar-refractivity contribution is -0.314. The van der Waals surface area contributed by atoms with Crippen LogP contribution in [0.3, 0.4) is 0 Å². The van der Waals surface area contributed by atoms with E-state index in [1.807, 2.05) is 7.05 Å². The summed E-state index contributed by atoms with van der Waals surface area (Å²) in [5.41, 5.74) is 19.0. The minimum Gasteiger partial charge on any atom is -0.507 e. The van der Waals surface area contributed by atoms with Crippen LogP contribution >= 0.6 is 0 Å². The highest BCUT2D eigenvalue weighted by molar-refractivity contribution is 6.24. The molecule has 24 atom stereocenters. The summed E-state index contributed by atoms with van der Waals surface area (Å²) in [5, 5.41) is 143. The zero-order valence-electron chi connectivity index (χ0n) is 57.1. The first-order valence-corrected chi connectivity index (χ1v) is 32.2. The Morgan fingerprint density at radius 1 is 0.788 bits per heavy atom. The number of phenolic OH excluding ortho intramolecular Hbond substituents is 3. The quantitative estimate of drug-likeness (QED) is 0.0228. The van der Waals surface area contributed by atoms with Gasteiger partial charge in [-0.1, -0.05) is 45.9 Å². The zero-order chi connectivity index (χ0) is 73.8. The molecule has 0 radical (unpaired) electrons. The van der Waals surface area contributed by atoms with Crippen LogP contribution in [0.15, 0.2) is 51.2 Å². The summed E-state index contributed by atoms with van der Waals surface area (Å²) in [5.74, 6) is -9.38. The number of nitrogens with two attached hydrogens (primary N) is 4. The molecule has 0 aromatic heterocycles. The molecular formula is C64H97N11O24. The summed E-state index contributed by atoms with van der Waals surface area (Å²) in [6.07, 6.45) is -12.5. The number of phenols is 3. The van der Waals surface area contributed by atoms with Crippen molar-refractivity contribution >= 4 is 58.5 Å². The molecule has 552 valence electrons. The van der Waals surface area contributed by atoms with Crippen molar-refractivity contribution in [2.75, 3.05) is 59.3 Å². The van der Waals surface area contributed by atoms with E-state index in [-0.39, 0.29) is 50.8 Å². The number of amides is 1. The number of fused-ring (bicyclic) bond motifs is 14. The number of Topliss-reactive ketones (excluding diaryl/α,β-unsaturated/α-hetero) is 1. The molecule has 1 saturated carbocycles. The summed E-state index contributed by atoms with van der Waals surface area (Å²) < 4.78 is 46.5.